The number of pyridine rings is 1. The van der Waals surface area contributed by atoms with E-state index < -0.39 is 10.8 Å². The second-order valence-corrected chi connectivity index (χ2v) is 4.61. The molecule has 1 aromatic rings. The van der Waals surface area contributed by atoms with Crippen molar-refractivity contribution in [3.8, 4) is 0 Å². The lowest BCUT2D eigenvalue weighted by Crippen LogP contribution is -2.47. The average Bonchev–Trinajstić information content (AvgIpc) is 2.48. The summed E-state index contributed by atoms with van der Waals surface area (Å²) in [5.74, 6) is -0.252. The number of rotatable bonds is 4. The average molecular weight is 293 g/mol. The highest BCUT2D eigenvalue weighted by atomic mass is 16.6. The van der Waals surface area contributed by atoms with E-state index >= 15 is 0 Å². The highest BCUT2D eigenvalue weighted by Gasteiger charge is 2.25. The number of anilines is 1. The molecule has 9 nitrogen and oxygen atoms in total. The van der Waals surface area contributed by atoms with Crippen molar-refractivity contribution in [1.82, 2.24) is 15.6 Å². The first-order valence-corrected chi connectivity index (χ1v) is 6.41. The fourth-order valence-corrected chi connectivity index (χ4v) is 2.03. The minimum Gasteiger partial charge on any atom is -0.373 e. The van der Waals surface area contributed by atoms with Crippen molar-refractivity contribution in [3.63, 3.8) is 0 Å². The van der Waals surface area contributed by atoms with Gasteiger partial charge >= 0.3 is 0 Å². The number of carbonyl (C=O) groups is 2. The van der Waals surface area contributed by atoms with E-state index in [1.165, 1.54) is 6.07 Å². The number of nitrogens with zero attached hydrogens (tertiary/aromatic N) is 2. The molecule has 1 aromatic heterocycles. The molecule has 0 spiro atoms. The number of nitrogens with one attached hydrogen (secondary N) is 3. The Labute approximate surface area is 120 Å². The molecule has 1 saturated heterocycles. The van der Waals surface area contributed by atoms with Gasteiger partial charge in [0.2, 0.25) is 5.91 Å². The predicted molar refractivity (Wildman–Crippen MR) is 73.9 cm³/mol. The summed E-state index contributed by atoms with van der Waals surface area (Å²) in [4.78, 5) is 37.4. The predicted octanol–water partition coefficient (Wildman–Crippen LogP) is 0.0399. The van der Waals surface area contributed by atoms with Crippen LogP contribution in [0.25, 0.3) is 0 Å². The zero-order valence-electron chi connectivity index (χ0n) is 11.4. The normalized spacial score (nSPS) is 17.8. The highest BCUT2D eigenvalue weighted by molar-refractivity contribution is 5.99. The second kappa shape index (κ2) is 6.16. The van der Waals surface area contributed by atoms with Crippen molar-refractivity contribution < 1.29 is 14.5 Å². The molecule has 1 unspecified atom stereocenters. The summed E-state index contributed by atoms with van der Waals surface area (Å²) in [6.07, 6.45) is 1.88. The lowest BCUT2D eigenvalue weighted by molar-refractivity contribution is -0.385. The van der Waals surface area contributed by atoms with Crippen LogP contribution in [0.5, 0.6) is 0 Å². The van der Waals surface area contributed by atoms with E-state index in [-0.39, 0.29) is 23.2 Å². The molecule has 0 aromatic carbocycles. The monoisotopic (exact) mass is 293 g/mol. The van der Waals surface area contributed by atoms with Crippen molar-refractivity contribution in [3.05, 3.63) is 27.9 Å². The summed E-state index contributed by atoms with van der Waals surface area (Å²) >= 11 is 0. The van der Waals surface area contributed by atoms with Crippen LogP contribution in [0, 0.1) is 10.1 Å². The Hall–Kier alpha value is -2.71. The zero-order valence-corrected chi connectivity index (χ0v) is 11.4. The minimum absolute atomic E-state index is 0.0590. The molecule has 2 amide bonds. The van der Waals surface area contributed by atoms with Gasteiger partial charge in [-0.25, -0.2) is 4.98 Å². The molecule has 0 bridgehead atoms. The SMILES string of the molecule is CNc1cc(C(=O)NC2CCC(=O)NC2)c([N+](=O)[O-])cn1. The molecule has 2 rings (SSSR count). The molecule has 1 atom stereocenters. The molecular formula is C12H15N5O4. The third kappa shape index (κ3) is 3.44. The van der Waals surface area contributed by atoms with Gasteiger partial charge in [-0.3, -0.25) is 19.7 Å². The summed E-state index contributed by atoms with van der Waals surface area (Å²) in [5, 5.41) is 19.0. The lowest BCUT2D eigenvalue weighted by atomic mass is 10.1. The van der Waals surface area contributed by atoms with Gasteiger partial charge in [-0.05, 0) is 6.42 Å². The molecule has 1 aliphatic heterocycles. The standard InChI is InChI=1S/C12H15N5O4/c1-13-10-4-8(9(6-14-10)17(20)21)12(19)16-7-2-3-11(18)15-5-7/h4,6-7H,2-3,5H2,1H3,(H,13,14)(H,15,18)(H,16,19). The first-order valence-electron chi connectivity index (χ1n) is 6.41. The molecule has 21 heavy (non-hydrogen) atoms. The lowest BCUT2D eigenvalue weighted by Gasteiger charge is -2.23. The summed E-state index contributed by atoms with van der Waals surface area (Å²) in [6.45, 7) is 0.322. The van der Waals surface area contributed by atoms with E-state index in [4.69, 9.17) is 0 Å². The van der Waals surface area contributed by atoms with Crippen LogP contribution in [-0.4, -0.2) is 41.4 Å². The highest BCUT2D eigenvalue weighted by Crippen LogP contribution is 2.20. The van der Waals surface area contributed by atoms with Gasteiger partial charge in [0.05, 0.1) is 4.92 Å². The van der Waals surface area contributed by atoms with Gasteiger partial charge in [-0.15, -0.1) is 0 Å². The van der Waals surface area contributed by atoms with Crippen LogP contribution in [0.3, 0.4) is 0 Å². The number of hydrogen-bond acceptors (Lipinski definition) is 6. The Morgan fingerprint density at radius 1 is 1.57 bits per heavy atom. The molecule has 0 aliphatic carbocycles. The van der Waals surface area contributed by atoms with E-state index in [1.807, 2.05) is 0 Å². The van der Waals surface area contributed by atoms with Gasteiger partial charge in [0.25, 0.3) is 11.6 Å². The smallest absolute Gasteiger partial charge is 0.300 e. The molecule has 1 aliphatic rings. The fraction of sp³-hybridized carbons (Fsp3) is 0.417. The number of hydrogen-bond donors (Lipinski definition) is 3. The Bertz CT molecular complexity index is 579. The second-order valence-electron chi connectivity index (χ2n) is 4.61. The summed E-state index contributed by atoms with van der Waals surface area (Å²) in [7, 11) is 1.60. The van der Waals surface area contributed by atoms with Crippen molar-refractivity contribution in [2.75, 3.05) is 18.9 Å². The van der Waals surface area contributed by atoms with Crippen LogP contribution < -0.4 is 16.0 Å². The van der Waals surface area contributed by atoms with Crippen molar-refractivity contribution >= 4 is 23.3 Å². The summed E-state index contributed by atoms with van der Waals surface area (Å²) in [5.41, 5.74) is -0.414. The number of aromatic nitrogens is 1. The first-order chi connectivity index (χ1) is 10.0. The maximum Gasteiger partial charge on any atom is 0.300 e. The summed E-state index contributed by atoms with van der Waals surface area (Å²) in [6, 6.07) is 1.09. The fourth-order valence-electron chi connectivity index (χ4n) is 2.03. The molecule has 3 N–H and O–H groups in total. The number of carbonyl (C=O) groups excluding carboxylic acids is 2. The largest absolute Gasteiger partial charge is 0.373 e. The van der Waals surface area contributed by atoms with Gasteiger partial charge in [-0.2, -0.15) is 0 Å². The van der Waals surface area contributed by atoms with E-state index in [2.05, 4.69) is 20.9 Å². The van der Waals surface area contributed by atoms with E-state index in [0.717, 1.165) is 6.20 Å². The molecule has 112 valence electrons. The zero-order chi connectivity index (χ0) is 15.4. The molecule has 0 radical (unpaired) electrons. The van der Waals surface area contributed by atoms with Gasteiger partial charge in [-0.1, -0.05) is 0 Å². The summed E-state index contributed by atoms with van der Waals surface area (Å²) < 4.78 is 0. The van der Waals surface area contributed by atoms with E-state index in [9.17, 15) is 19.7 Å². The Morgan fingerprint density at radius 3 is 2.90 bits per heavy atom. The molecule has 9 heteroatoms. The van der Waals surface area contributed by atoms with Gasteiger partial charge < -0.3 is 16.0 Å². The van der Waals surface area contributed by atoms with Crippen LogP contribution in [0.1, 0.15) is 23.2 Å². The Morgan fingerprint density at radius 2 is 2.33 bits per heavy atom. The van der Waals surface area contributed by atoms with Crippen LogP contribution in [0.2, 0.25) is 0 Å². The first kappa shape index (κ1) is 14.7. The van der Waals surface area contributed by atoms with Crippen molar-refractivity contribution in [2.45, 2.75) is 18.9 Å². The van der Waals surface area contributed by atoms with Crippen LogP contribution in [-0.2, 0) is 4.79 Å². The van der Waals surface area contributed by atoms with Gasteiger partial charge in [0.15, 0.2) is 0 Å². The van der Waals surface area contributed by atoms with Crippen molar-refractivity contribution in [2.24, 2.45) is 0 Å². The number of nitro groups is 1. The van der Waals surface area contributed by atoms with Gasteiger partial charge in [0.1, 0.15) is 17.6 Å². The molecule has 2 heterocycles. The van der Waals surface area contributed by atoms with Crippen LogP contribution in [0.15, 0.2) is 12.3 Å². The third-order valence-electron chi connectivity index (χ3n) is 3.18. The van der Waals surface area contributed by atoms with Gasteiger partial charge in [0, 0.05) is 32.1 Å². The third-order valence-corrected chi connectivity index (χ3v) is 3.18. The van der Waals surface area contributed by atoms with Crippen LogP contribution in [0.4, 0.5) is 11.5 Å². The van der Waals surface area contributed by atoms with Crippen molar-refractivity contribution in [1.29, 1.82) is 0 Å². The maximum atomic E-state index is 12.2. The topological polar surface area (TPSA) is 126 Å². The quantitative estimate of drug-likeness (QED) is 0.531. The van der Waals surface area contributed by atoms with E-state index in [0.29, 0.717) is 25.2 Å². The Balaban J connectivity index is 2.17. The molecule has 1 fully saturated rings. The number of piperidine rings is 1. The molecule has 0 saturated carbocycles. The maximum absolute atomic E-state index is 12.2. The Kier molecular flexibility index (Phi) is 4.31. The minimum atomic E-state index is -0.649. The van der Waals surface area contributed by atoms with Crippen LogP contribution >= 0.6 is 0 Å². The molecular weight excluding hydrogens is 278 g/mol. The van der Waals surface area contributed by atoms with E-state index in [1.54, 1.807) is 7.05 Å². The number of amides is 2.